The molecule has 0 fully saturated rings. The van der Waals surface area contributed by atoms with E-state index >= 15 is 0 Å². The highest BCUT2D eigenvalue weighted by molar-refractivity contribution is 7.92. The summed E-state index contributed by atoms with van der Waals surface area (Å²) in [6.07, 6.45) is 3.79. The van der Waals surface area contributed by atoms with Gasteiger partial charge in [-0.05, 0) is 49.2 Å². The largest absolute Gasteiger partial charge is 0.365 e. The van der Waals surface area contributed by atoms with Crippen molar-refractivity contribution in [2.75, 3.05) is 32.1 Å². The number of aryl methyl sites for hydroxylation is 1. The number of halogens is 2. The molecule has 0 bridgehead atoms. The predicted molar refractivity (Wildman–Crippen MR) is 133 cm³/mol. The van der Waals surface area contributed by atoms with Crippen LogP contribution in [0.15, 0.2) is 64.5 Å². The van der Waals surface area contributed by atoms with Gasteiger partial charge in [-0.1, -0.05) is 29.8 Å². The van der Waals surface area contributed by atoms with Crippen LogP contribution in [0.1, 0.15) is 17.9 Å². The van der Waals surface area contributed by atoms with Crippen molar-refractivity contribution in [1.29, 1.82) is 0 Å². The second kappa shape index (κ2) is 9.38. The van der Waals surface area contributed by atoms with Crippen LogP contribution in [0.5, 0.6) is 0 Å². The molecule has 0 amide bonds. The number of rotatable bonds is 6. The Morgan fingerprint density at radius 3 is 2.34 bits per heavy atom. The van der Waals surface area contributed by atoms with Crippen LogP contribution in [0.4, 0.5) is 10.1 Å². The average Bonchev–Trinajstić information content (AvgIpc) is 3.21. The smallest absolute Gasteiger partial charge is 0.270 e. The van der Waals surface area contributed by atoms with Gasteiger partial charge in [0.05, 0.1) is 11.4 Å². The van der Waals surface area contributed by atoms with E-state index in [2.05, 4.69) is 4.98 Å². The van der Waals surface area contributed by atoms with Gasteiger partial charge >= 0.3 is 0 Å². The predicted octanol–water partition coefficient (Wildman–Crippen LogP) is 3.77. The van der Waals surface area contributed by atoms with Crippen molar-refractivity contribution in [2.24, 2.45) is 0 Å². The van der Waals surface area contributed by atoms with Gasteiger partial charge in [0, 0.05) is 38.4 Å². The van der Waals surface area contributed by atoms with Crippen LogP contribution in [0.3, 0.4) is 0 Å². The lowest BCUT2D eigenvalue weighted by atomic mass is 10.0. The van der Waals surface area contributed by atoms with Crippen LogP contribution in [0.25, 0.3) is 5.57 Å². The Morgan fingerprint density at radius 2 is 1.74 bits per heavy atom. The van der Waals surface area contributed by atoms with Crippen molar-refractivity contribution >= 4 is 42.9 Å². The molecule has 12 heteroatoms. The zero-order chi connectivity index (χ0) is 25.5. The SMILES string of the molecule is Cc1nc(C2=CCN(c3ccc(Cl)cc3F)CC2)cn1S(=O)(=O)c1ccccc1S(=O)(=O)N(C)C. The molecular formula is C23H24ClFN4O4S2. The molecule has 3 aromatic rings. The highest BCUT2D eigenvalue weighted by Gasteiger charge is 2.30. The van der Waals surface area contributed by atoms with E-state index in [9.17, 15) is 21.2 Å². The molecule has 4 rings (SSSR count). The fourth-order valence-electron chi connectivity index (χ4n) is 3.89. The normalized spacial score (nSPS) is 14.9. The summed E-state index contributed by atoms with van der Waals surface area (Å²) in [7, 11) is -5.57. The number of benzene rings is 2. The molecule has 2 aromatic carbocycles. The summed E-state index contributed by atoms with van der Waals surface area (Å²) < 4.78 is 68.8. The third kappa shape index (κ3) is 4.73. The maximum Gasteiger partial charge on any atom is 0.270 e. The van der Waals surface area contributed by atoms with E-state index in [1.165, 1.54) is 50.6 Å². The van der Waals surface area contributed by atoms with E-state index in [0.29, 0.717) is 35.9 Å². The number of anilines is 1. The van der Waals surface area contributed by atoms with Gasteiger partial charge < -0.3 is 4.90 Å². The minimum Gasteiger partial charge on any atom is -0.365 e. The molecular weight excluding hydrogens is 515 g/mol. The molecule has 0 unspecified atom stereocenters. The molecule has 0 radical (unpaired) electrons. The van der Waals surface area contributed by atoms with Crippen molar-refractivity contribution in [2.45, 2.75) is 23.1 Å². The topological polar surface area (TPSA) is 92.6 Å². The Morgan fingerprint density at radius 1 is 1.06 bits per heavy atom. The van der Waals surface area contributed by atoms with Crippen LogP contribution in [0, 0.1) is 12.7 Å². The van der Waals surface area contributed by atoms with Gasteiger partial charge in [-0.3, -0.25) is 0 Å². The second-order valence-electron chi connectivity index (χ2n) is 8.23. The van der Waals surface area contributed by atoms with Crippen LogP contribution in [0.2, 0.25) is 5.02 Å². The molecule has 2 heterocycles. The van der Waals surface area contributed by atoms with Gasteiger partial charge in [-0.25, -0.2) is 34.5 Å². The van der Waals surface area contributed by atoms with Gasteiger partial charge in [0.2, 0.25) is 10.0 Å². The van der Waals surface area contributed by atoms with E-state index < -0.39 is 25.9 Å². The summed E-state index contributed by atoms with van der Waals surface area (Å²) in [5.41, 5.74) is 1.73. The molecule has 35 heavy (non-hydrogen) atoms. The Kier molecular flexibility index (Phi) is 6.80. The van der Waals surface area contributed by atoms with E-state index in [0.717, 1.165) is 13.9 Å². The molecule has 0 atom stereocenters. The summed E-state index contributed by atoms with van der Waals surface area (Å²) in [6.45, 7) is 2.46. The van der Waals surface area contributed by atoms with E-state index in [1.807, 2.05) is 11.0 Å². The van der Waals surface area contributed by atoms with Crippen molar-refractivity contribution < 1.29 is 21.2 Å². The third-order valence-electron chi connectivity index (χ3n) is 5.77. The number of hydrogen-bond donors (Lipinski definition) is 0. The van der Waals surface area contributed by atoms with Crippen LogP contribution in [-0.4, -0.2) is 57.3 Å². The molecule has 0 aliphatic carbocycles. The first-order valence-corrected chi connectivity index (χ1v) is 13.9. The third-order valence-corrected chi connectivity index (χ3v) is 9.81. The Bertz CT molecular complexity index is 1530. The first-order valence-electron chi connectivity index (χ1n) is 10.7. The first-order chi connectivity index (χ1) is 16.4. The molecule has 0 saturated heterocycles. The van der Waals surface area contributed by atoms with E-state index in [-0.39, 0.29) is 15.6 Å². The quantitative estimate of drug-likeness (QED) is 0.474. The molecule has 0 saturated carbocycles. The summed E-state index contributed by atoms with van der Waals surface area (Å²) in [4.78, 5) is 5.65. The summed E-state index contributed by atoms with van der Waals surface area (Å²) >= 11 is 5.84. The van der Waals surface area contributed by atoms with Gasteiger partial charge in [0.15, 0.2) is 0 Å². The van der Waals surface area contributed by atoms with Gasteiger partial charge in [0.1, 0.15) is 21.4 Å². The summed E-state index contributed by atoms with van der Waals surface area (Å²) in [5.74, 6) is -0.212. The van der Waals surface area contributed by atoms with Crippen LogP contribution in [-0.2, 0) is 20.0 Å². The number of sulfonamides is 1. The van der Waals surface area contributed by atoms with E-state index in [4.69, 9.17) is 11.6 Å². The highest BCUT2D eigenvalue weighted by Crippen LogP contribution is 2.30. The molecule has 0 spiro atoms. The molecule has 0 N–H and O–H groups in total. The highest BCUT2D eigenvalue weighted by atomic mass is 35.5. The zero-order valence-corrected chi connectivity index (χ0v) is 21.7. The molecule has 186 valence electrons. The number of nitrogens with zero attached hydrogens (tertiary/aromatic N) is 4. The minimum absolute atomic E-state index is 0.198. The van der Waals surface area contributed by atoms with Gasteiger partial charge in [-0.15, -0.1) is 0 Å². The Balaban J connectivity index is 1.67. The van der Waals surface area contributed by atoms with Crippen LogP contribution < -0.4 is 4.90 Å². The number of hydrogen-bond acceptors (Lipinski definition) is 6. The van der Waals surface area contributed by atoms with Crippen molar-refractivity contribution in [3.05, 3.63) is 77.1 Å². The molecule has 1 aromatic heterocycles. The Labute approximate surface area is 209 Å². The number of imidazole rings is 1. The first kappa shape index (κ1) is 25.4. The minimum atomic E-state index is -4.25. The lowest BCUT2D eigenvalue weighted by Gasteiger charge is -2.28. The fraction of sp³-hybridized carbons (Fsp3) is 0.261. The number of aromatic nitrogens is 2. The molecule has 1 aliphatic heterocycles. The molecule has 8 nitrogen and oxygen atoms in total. The second-order valence-corrected chi connectivity index (χ2v) is 12.6. The van der Waals surface area contributed by atoms with Crippen molar-refractivity contribution in [3.8, 4) is 0 Å². The Hall–Kier alpha value is -2.73. The molecule has 1 aliphatic rings. The monoisotopic (exact) mass is 538 g/mol. The van der Waals surface area contributed by atoms with E-state index in [1.54, 1.807) is 19.1 Å². The maximum absolute atomic E-state index is 14.3. The zero-order valence-electron chi connectivity index (χ0n) is 19.3. The van der Waals surface area contributed by atoms with Gasteiger partial charge in [-0.2, -0.15) is 0 Å². The summed E-state index contributed by atoms with van der Waals surface area (Å²) in [5, 5.41) is 0.321. The standard InChI is InChI=1S/C23H24ClFN4O4S2/c1-16-26-20(17-10-12-28(13-11-17)21-9-8-18(24)14-19(21)25)15-29(16)35(32,33)23-7-5-4-6-22(23)34(30,31)27(2)3/h4-10,14-15H,11-13H2,1-3H3. The van der Waals surface area contributed by atoms with Gasteiger partial charge in [0.25, 0.3) is 10.0 Å². The maximum atomic E-state index is 14.3. The lowest BCUT2D eigenvalue weighted by Crippen LogP contribution is -2.29. The lowest BCUT2D eigenvalue weighted by molar-refractivity contribution is 0.516. The van der Waals surface area contributed by atoms with Crippen LogP contribution >= 0.6 is 11.6 Å². The summed E-state index contributed by atoms with van der Waals surface area (Å²) in [6, 6.07) is 10.0. The van der Waals surface area contributed by atoms with Crippen molar-refractivity contribution in [3.63, 3.8) is 0 Å². The fourth-order valence-corrected chi connectivity index (χ4v) is 7.06. The average molecular weight is 539 g/mol. The van der Waals surface area contributed by atoms with Crippen molar-refractivity contribution in [1.82, 2.24) is 13.3 Å².